The molecule has 0 radical (unpaired) electrons. The Morgan fingerprint density at radius 2 is 2.05 bits per heavy atom. The van der Waals surface area contributed by atoms with E-state index in [9.17, 15) is 5.11 Å². The SMILES string of the molecule is CC(C)CN1CCC(NC(C)CC(O)c2cccs2)CC1. The summed E-state index contributed by atoms with van der Waals surface area (Å²) in [6.45, 7) is 10.4. The molecule has 1 aromatic rings. The summed E-state index contributed by atoms with van der Waals surface area (Å²) in [6.07, 6.45) is 2.93. The van der Waals surface area contributed by atoms with Crippen molar-refractivity contribution in [3.05, 3.63) is 22.4 Å². The van der Waals surface area contributed by atoms with E-state index < -0.39 is 0 Å². The Bertz CT molecular complexity index is 386. The molecule has 3 nitrogen and oxygen atoms in total. The summed E-state index contributed by atoms with van der Waals surface area (Å²) in [5.74, 6) is 0.759. The molecule has 2 rings (SSSR count). The van der Waals surface area contributed by atoms with Gasteiger partial charge in [-0.2, -0.15) is 0 Å². The second-order valence-electron chi connectivity index (χ2n) is 6.80. The van der Waals surface area contributed by atoms with Crippen LogP contribution in [0.25, 0.3) is 0 Å². The molecule has 120 valence electrons. The number of aliphatic hydroxyl groups excluding tert-OH is 1. The molecule has 1 aliphatic rings. The highest BCUT2D eigenvalue weighted by molar-refractivity contribution is 7.10. The minimum Gasteiger partial charge on any atom is -0.388 e. The van der Waals surface area contributed by atoms with Gasteiger partial charge in [0.15, 0.2) is 0 Å². The molecule has 0 aliphatic carbocycles. The van der Waals surface area contributed by atoms with Gasteiger partial charge >= 0.3 is 0 Å². The van der Waals surface area contributed by atoms with Crippen molar-refractivity contribution in [3.8, 4) is 0 Å². The van der Waals surface area contributed by atoms with Crippen molar-refractivity contribution in [1.29, 1.82) is 0 Å². The number of aliphatic hydroxyl groups is 1. The Morgan fingerprint density at radius 3 is 2.62 bits per heavy atom. The van der Waals surface area contributed by atoms with E-state index in [1.165, 1.54) is 32.5 Å². The highest BCUT2D eigenvalue weighted by Crippen LogP contribution is 2.23. The number of piperidine rings is 1. The first-order valence-corrected chi connectivity index (χ1v) is 9.12. The molecule has 0 bridgehead atoms. The first-order valence-electron chi connectivity index (χ1n) is 8.24. The van der Waals surface area contributed by atoms with Crippen LogP contribution in [0.4, 0.5) is 0 Å². The van der Waals surface area contributed by atoms with Crippen LogP contribution < -0.4 is 5.32 Å². The van der Waals surface area contributed by atoms with Crippen molar-refractivity contribution < 1.29 is 5.11 Å². The number of hydrogen-bond donors (Lipinski definition) is 2. The van der Waals surface area contributed by atoms with E-state index in [0.717, 1.165) is 17.2 Å². The highest BCUT2D eigenvalue weighted by atomic mass is 32.1. The molecule has 1 aliphatic heterocycles. The average molecular weight is 311 g/mol. The molecule has 2 N–H and O–H groups in total. The normalized spacial score (nSPS) is 20.8. The Morgan fingerprint density at radius 1 is 1.33 bits per heavy atom. The molecule has 1 saturated heterocycles. The van der Waals surface area contributed by atoms with E-state index >= 15 is 0 Å². The number of thiophene rings is 1. The maximum Gasteiger partial charge on any atom is 0.0896 e. The number of rotatable bonds is 7. The minimum absolute atomic E-state index is 0.325. The summed E-state index contributed by atoms with van der Waals surface area (Å²) in [6, 6.07) is 5.00. The van der Waals surface area contributed by atoms with Crippen LogP contribution in [0.1, 0.15) is 51.0 Å². The molecule has 0 aromatic carbocycles. The van der Waals surface area contributed by atoms with Gasteiger partial charge in [-0.3, -0.25) is 0 Å². The van der Waals surface area contributed by atoms with Gasteiger partial charge in [0.05, 0.1) is 6.10 Å². The van der Waals surface area contributed by atoms with Crippen LogP contribution in [0.15, 0.2) is 17.5 Å². The Balaban J connectivity index is 1.68. The molecule has 1 fully saturated rings. The van der Waals surface area contributed by atoms with Crippen LogP contribution in [-0.4, -0.2) is 41.7 Å². The molecule has 0 saturated carbocycles. The molecule has 2 heterocycles. The second-order valence-corrected chi connectivity index (χ2v) is 7.78. The van der Waals surface area contributed by atoms with E-state index in [4.69, 9.17) is 0 Å². The molecular formula is C17H30N2OS. The topological polar surface area (TPSA) is 35.5 Å². The molecule has 2 atom stereocenters. The van der Waals surface area contributed by atoms with Crippen molar-refractivity contribution in [2.75, 3.05) is 19.6 Å². The summed E-state index contributed by atoms with van der Waals surface area (Å²) in [5.41, 5.74) is 0. The predicted octanol–water partition coefficient (Wildman–Crippen LogP) is 3.27. The van der Waals surface area contributed by atoms with Gasteiger partial charge in [-0.15, -0.1) is 11.3 Å². The Kier molecular flexibility index (Phi) is 6.68. The lowest BCUT2D eigenvalue weighted by Gasteiger charge is -2.35. The van der Waals surface area contributed by atoms with Gasteiger partial charge in [-0.05, 0) is 56.6 Å². The predicted molar refractivity (Wildman–Crippen MR) is 90.8 cm³/mol. The van der Waals surface area contributed by atoms with Crippen molar-refractivity contribution in [2.24, 2.45) is 5.92 Å². The number of hydrogen-bond acceptors (Lipinski definition) is 4. The first kappa shape index (κ1) is 16.9. The van der Waals surface area contributed by atoms with Crippen LogP contribution in [0.3, 0.4) is 0 Å². The zero-order valence-electron chi connectivity index (χ0n) is 13.6. The maximum atomic E-state index is 10.2. The van der Waals surface area contributed by atoms with Crippen molar-refractivity contribution in [3.63, 3.8) is 0 Å². The van der Waals surface area contributed by atoms with E-state index in [2.05, 4.69) is 31.0 Å². The Labute approximate surface area is 133 Å². The van der Waals surface area contributed by atoms with Crippen LogP contribution in [0, 0.1) is 5.92 Å². The van der Waals surface area contributed by atoms with Crippen LogP contribution in [-0.2, 0) is 0 Å². The molecule has 1 aromatic heterocycles. The summed E-state index contributed by atoms with van der Waals surface area (Å²) in [5, 5.41) is 15.9. The second kappa shape index (κ2) is 8.28. The van der Waals surface area contributed by atoms with Crippen LogP contribution in [0.5, 0.6) is 0 Å². The Hall–Kier alpha value is -0.420. The fraction of sp³-hybridized carbons (Fsp3) is 0.765. The van der Waals surface area contributed by atoms with E-state index in [-0.39, 0.29) is 6.10 Å². The lowest BCUT2D eigenvalue weighted by atomic mass is 10.0. The molecule has 0 spiro atoms. The lowest BCUT2D eigenvalue weighted by molar-refractivity contribution is 0.141. The maximum absolute atomic E-state index is 10.2. The van der Waals surface area contributed by atoms with Crippen molar-refractivity contribution in [2.45, 2.75) is 58.2 Å². The number of nitrogens with one attached hydrogen (secondary N) is 1. The average Bonchev–Trinajstić information content (AvgIpc) is 2.94. The lowest BCUT2D eigenvalue weighted by Crippen LogP contribution is -2.46. The fourth-order valence-electron chi connectivity index (χ4n) is 3.20. The van der Waals surface area contributed by atoms with Gasteiger partial charge in [-0.1, -0.05) is 19.9 Å². The van der Waals surface area contributed by atoms with Gasteiger partial charge < -0.3 is 15.3 Å². The van der Waals surface area contributed by atoms with Crippen molar-refractivity contribution in [1.82, 2.24) is 10.2 Å². The monoisotopic (exact) mass is 310 g/mol. The van der Waals surface area contributed by atoms with Gasteiger partial charge in [0, 0.05) is 23.5 Å². The van der Waals surface area contributed by atoms with Crippen LogP contribution >= 0.6 is 11.3 Å². The number of nitrogens with zero attached hydrogens (tertiary/aromatic N) is 1. The summed E-state index contributed by atoms with van der Waals surface area (Å²) in [7, 11) is 0. The third-order valence-electron chi connectivity index (χ3n) is 4.18. The summed E-state index contributed by atoms with van der Waals surface area (Å²) >= 11 is 1.64. The largest absolute Gasteiger partial charge is 0.388 e. The highest BCUT2D eigenvalue weighted by Gasteiger charge is 2.22. The van der Waals surface area contributed by atoms with Gasteiger partial charge in [0.1, 0.15) is 0 Å². The zero-order valence-corrected chi connectivity index (χ0v) is 14.4. The van der Waals surface area contributed by atoms with Crippen LogP contribution in [0.2, 0.25) is 0 Å². The smallest absolute Gasteiger partial charge is 0.0896 e. The van der Waals surface area contributed by atoms with E-state index in [1.807, 2.05) is 17.5 Å². The fourth-order valence-corrected chi connectivity index (χ4v) is 3.93. The van der Waals surface area contributed by atoms with Gasteiger partial charge in [-0.25, -0.2) is 0 Å². The minimum atomic E-state index is -0.325. The van der Waals surface area contributed by atoms with Gasteiger partial charge in [0.25, 0.3) is 0 Å². The van der Waals surface area contributed by atoms with Crippen molar-refractivity contribution >= 4 is 11.3 Å². The molecule has 21 heavy (non-hydrogen) atoms. The molecule has 0 amide bonds. The number of likely N-dealkylation sites (tertiary alicyclic amines) is 1. The molecule has 4 heteroatoms. The van der Waals surface area contributed by atoms with E-state index in [0.29, 0.717) is 12.1 Å². The summed E-state index contributed by atoms with van der Waals surface area (Å²) < 4.78 is 0. The summed E-state index contributed by atoms with van der Waals surface area (Å²) in [4.78, 5) is 3.66. The van der Waals surface area contributed by atoms with E-state index in [1.54, 1.807) is 11.3 Å². The molecular weight excluding hydrogens is 280 g/mol. The molecule has 2 unspecified atom stereocenters. The quantitative estimate of drug-likeness (QED) is 0.811. The standard InChI is InChI=1S/C17H30N2OS/c1-13(2)12-19-8-6-15(7-9-19)18-14(3)11-16(20)17-5-4-10-21-17/h4-5,10,13-16,18,20H,6-9,11-12H2,1-3H3. The first-order chi connectivity index (χ1) is 10.0. The third kappa shape index (κ3) is 5.70. The zero-order chi connectivity index (χ0) is 15.2. The van der Waals surface area contributed by atoms with Gasteiger partial charge in [0.2, 0.25) is 0 Å². The third-order valence-corrected chi connectivity index (χ3v) is 5.15.